The summed E-state index contributed by atoms with van der Waals surface area (Å²) >= 11 is 18.0. The van der Waals surface area contributed by atoms with Gasteiger partial charge < -0.3 is 4.90 Å². The number of rotatable bonds is 2. The minimum absolute atomic E-state index is 0.0480. The Morgan fingerprint density at radius 2 is 1.89 bits per heavy atom. The van der Waals surface area contributed by atoms with Crippen molar-refractivity contribution < 1.29 is 4.39 Å². The summed E-state index contributed by atoms with van der Waals surface area (Å²) in [6, 6.07) is 5.15. The third-order valence-electron chi connectivity index (χ3n) is 3.08. The smallest absolute Gasteiger partial charge is 0.146 e. The van der Waals surface area contributed by atoms with E-state index < -0.39 is 0 Å². The second kappa shape index (κ2) is 5.74. The first-order valence-corrected chi connectivity index (χ1v) is 6.92. The molecule has 0 saturated heterocycles. The molecule has 1 aromatic carbocycles. The van der Waals surface area contributed by atoms with Crippen molar-refractivity contribution in [2.24, 2.45) is 0 Å². The summed E-state index contributed by atoms with van der Waals surface area (Å²) in [6.07, 6.45) is 2.34. The van der Waals surface area contributed by atoms with E-state index in [-0.39, 0.29) is 11.7 Å². The lowest BCUT2D eigenvalue weighted by Gasteiger charge is -2.21. The maximum absolute atomic E-state index is 14.0. The van der Waals surface area contributed by atoms with Crippen LogP contribution in [0.2, 0.25) is 0 Å². The zero-order valence-corrected chi connectivity index (χ0v) is 12.8. The van der Waals surface area contributed by atoms with Gasteiger partial charge in [-0.1, -0.05) is 46.9 Å². The number of anilines is 1. The monoisotopic (exact) mass is 319 g/mol. The van der Waals surface area contributed by atoms with Gasteiger partial charge in [0, 0.05) is 25.0 Å². The number of nitrogens with zero attached hydrogens (tertiary/aromatic N) is 1. The highest BCUT2D eigenvalue weighted by Gasteiger charge is 2.21. The van der Waals surface area contributed by atoms with Gasteiger partial charge >= 0.3 is 0 Å². The van der Waals surface area contributed by atoms with E-state index in [1.807, 2.05) is 6.07 Å². The zero-order chi connectivity index (χ0) is 14.2. The Balaban J connectivity index is 2.33. The highest BCUT2D eigenvalue weighted by Crippen LogP contribution is 2.40. The second-order valence-electron chi connectivity index (χ2n) is 4.65. The molecule has 5 heteroatoms. The fourth-order valence-corrected chi connectivity index (χ4v) is 2.77. The fraction of sp³-hybridized carbons (Fsp3) is 0.286. The van der Waals surface area contributed by atoms with Crippen molar-refractivity contribution in [3.05, 3.63) is 50.8 Å². The van der Waals surface area contributed by atoms with Gasteiger partial charge in [-0.05, 0) is 24.1 Å². The molecule has 0 bridgehead atoms. The van der Waals surface area contributed by atoms with Crippen molar-refractivity contribution in [1.82, 2.24) is 0 Å². The lowest BCUT2D eigenvalue weighted by Crippen LogP contribution is -2.11. The average molecular weight is 321 g/mol. The van der Waals surface area contributed by atoms with Crippen LogP contribution in [0, 0.1) is 5.82 Å². The molecule has 1 aliphatic carbocycles. The molecule has 1 atom stereocenters. The Kier molecular flexibility index (Phi) is 4.44. The van der Waals surface area contributed by atoms with E-state index >= 15 is 0 Å². The summed E-state index contributed by atoms with van der Waals surface area (Å²) in [5.74, 6) is -0.308. The van der Waals surface area contributed by atoms with E-state index in [1.165, 1.54) is 6.07 Å². The minimum atomic E-state index is -0.260. The third-order valence-corrected chi connectivity index (χ3v) is 4.36. The molecule has 0 amide bonds. The van der Waals surface area contributed by atoms with E-state index in [9.17, 15) is 4.39 Å². The summed E-state index contributed by atoms with van der Waals surface area (Å²) < 4.78 is 14.0. The first-order valence-electron chi connectivity index (χ1n) is 5.78. The number of benzene rings is 1. The molecule has 0 N–H and O–H groups in total. The number of allylic oxidation sites excluding steroid dienone is 4. The van der Waals surface area contributed by atoms with Crippen LogP contribution in [0.25, 0.3) is 0 Å². The molecule has 0 fully saturated rings. The zero-order valence-electron chi connectivity index (χ0n) is 10.6. The molecule has 0 aromatic heterocycles. The molecule has 2 rings (SSSR count). The summed E-state index contributed by atoms with van der Waals surface area (Å²) in [7, 11) is 3.60. The quantitative estimate of drug-likeness (QED) is 0.724. The molecule has 0 radical (unpaired) electrons. The van der Waals surface area contributed by atoms with Gasteiger partial charge in [0.1, 0.15) is 5.82 Å². The molecule has 0 saturated carbocycles. The Bertz CT molecular complexity index is 564. The van der Waals surface area contributed by atoms with Crippen LogP contribution >= 0.6 is 34.8 Å². The molecule has 19 heavy (non-hydrogen) atoms. The molecular formula is C14H13Cl3FN. The van der Waals surface area contributed by atoms with Crippen molar-refractivity contribution in [3.8, 4) is 0 Å². The summed E-state index contributed by atoms with van der Waals surface area (Å²) in [5.41, 5.74) is 1.39. The normalized spacial score (nSPS) is 19.5. The van der Waals surface area contributed by atoms with Gasteiger partial charge in [-0.15, -0.1) is 0 Å². The highest BCUT2D eigenvalue weighted by atomic mass is 35.5. The Morgan fingerprint density at radius 1 is 1.21 bits per heavy atom. The van der Waals surface area contributed by atoms with Crippen molar-refractivity contribution in [1.29, 1.82) is 0 Å². The molecular weight excluding hydrogens is 308 g/mol. The topological polar surface area (TPSA) is 3.24 Å². The predicted molar refractivity (Wildman–Crippen MR) is 80.8 cm³/mol. The lowest BCUT2D eigenvalue weighted by atomic mass is 9.92. The minimum Gasteiger partial charge on any atom is -0.375 e. The van der Waals surface area contributed by atoms with Gasteiger partial charge in [-0.3, -0.25) is 0 Å². The first-order chi connectivity index (χ1) is 8.90. The summed E-state index contributed by atoms with van der Waals surface area (Å²) in [4.78, 5) is 1.73. The maximum Gasteiger partial charge on any atom is 0.146 e. The van der Waals surface area contributed by atoms with Crippen LogP contribution in [-0.4, -0.2) is 14.1 Å². The summed E-state index contributed by atoms with van der Waals surface area (Å²) in [5, 5.41) is 1.31. The molecule has 0 spiro atoms. The maximum atomic E-state index is 14.0. The molecule has 0 heterocycles. The van der Waals surface area contributed by atoms with Crippen molar-refractivity contribution in [3.63, 3.8) is 0 Å². The number of hydrogen-bond acceptors (Lipinski definition) is 1. The third kappa shape index (κ3) is 3.07. The first kappa shape index (κ1) is 14.7. The van der Waals surface area contributed by atoms with E-state index in [0.29, 0.717) is 27.2 Å². The van der Waals surface area contributed by atoms with Gasteiger partial charge in [0.15, 0.2) is 0 Å². The standard InChI is InChI=1S/C14H13Cl3FN/c1-19(2)13-4-3-8(7-12(13)18)9-5-10(15)14(17)11(16)6-9/h3-5,7,9H,6H2,1-2H3. The second-order valence-corrected chi connectivity index (χ2v) is 5.89. The molecule has 1 aliphatic rings. The molecule has 0 aliphatic heterocycles. The van der Waals surface area contributed by atoms with Crippen LogP contribution in [0.4, 0.5) is 10.1 Å². The van der Waals surface area contributed by atoms with Gasteiger partial charge in [0.25, 0.3) is 0 Å². The average Bonchev–Trinajstić information content (AvgIpc) is 2.34. The van der Waals surface area contributed by atoms with Crippen molar-refractivity contribution >= 4 is 40.5 Å². The lowest BCUT2D eigenvalue weighted by molar-refractivity contribution is 0.622. The molecule has 1 unspecified atom stereocenters. The van der Waals surface area contributed by atoms with E-state index in [1.54, 1.807) is 31.1 Å². The van der Waals surface area contributed by atoms with Gasteiger partial charge in [-0.2, -0.15) is 0 Å². The van der Waals surface area contributed by atoms with Crippen LogP contribution in [0.5, 0.6) is 0 Å². The van der Waals surface area contributed by atoms with Crippen LogP contribution < -0.4 is 4.90 Å². The molecule has 1 nitrogen and oxygen atoms in total. The highest BCUT2D eigenvalue weighted by molar-refractivity contribution is 6.48. The van der Waals surface area contributed by atoms with Crippen molar-refractivity contribution in [2.75, 3.05) is 19.0 Å². The SMILES string of the molecule is CN(C)c1ccc(C2C=C(Cl)C(Cl)=C(Cl)C2)cc1F. The van der Waals surface area contributed by atoms with Gasteiger partial charge in [0.05, 0.1) is 15.8 Å². The fourth-order valence-electron chi connectivity index (χ4n) is 2.05. The van der Waals surface area contributed by atoms with Crippen LogP contribution in [0.1, 0.15) is 17.9 Å². The van der Waals surface area contributed by atoms with Crippen LogP contribution in [0.3, 0.4) is 0 Å². The van der Waals surface area contributed by atoms with Crippen molar-refractivity contribution in [2.45, 2.75) is 12.3 Å². The molecule has 102 valence electrons. The van der Waals surface area contributed by atoms with E-state index in [2.05, 4.69) is 0 Å². The Morgan fingerprint density at radius 3 is 2.42 bits per heavy atom. The molecule has 1 aromatic rings. The number of halogens is 4. The van der Waals surface area contributed by atoms with Gasteiger partial charge in [-0.25, -0.2) is 4.39 Å². The Hall–Kier alpha value is -0.700. The number of hydrogen-bond donors (Lipinski definition) is 0. The van der Waals surface area contributed by atoms with Gasteiger partial charge in [0.2, 0.25) is 0 Å². The summed E-state index contributed by atoms with van der Waals surface area (Å²) in [6.45, 7) is 0. The largest absolute Gasteiger partial charge is 0.375 e. The van der Waals surface area contributed by atoms with E-state index in [0.717, 1.165) is 5.56 Å². The Labute approximate surface area is 127 Å². The predicted octanol–water partition coefficient (Wildman–Crippen LogP) is 5.19. The van der Waals surface area contributed by atoms with E-state index in [4.69, 9.17) is 34.8 Å². The van der Waals surface area contributed by atoms with Crippen LogP contribution in [0.15, 0.2) is 39.4 Å². The van der Waals surface area contributed by atoms with Crippen LogP contribution in [-0.2, 0) is 0 Å².